The first kappa shape index (κ1) is 33.1. The number of hydrogen-bond donors (Lipinski definition) is 1. The molecular formula is C35H41Cl2FN4O3. The molecule has 7 nitrogen and oxygen atoms in total. The molecule has 240 valence electrons. The van der Waals surface area contributed by atoms with Crippen LogP contribution in [0.2, 0.25) is 10.0 Å². The van der Waals surface area contributed by atoms with Crippen LogP contribution < -0.4 is 14.8 Å². The second-order valence-corrected chi connectivity index (χ2v) is 12.5. The number of nitrogens with zero attached hydrogens (tertiary/aromatic N) is 3. The first-order valence-electron chi connectivity index (χ1n) is 15.6. The van der Waals surface area contributed by atoms with Crippen molar-refractivity contribution in [3.05, 3.63) is 93.8 Å². The fourth-order valence-electron chi connectivity index (χ4n) is 5.72. The zero-order chi connectivity index (χ0) is 31.8. The lowest BCUT2D eigenvalue weighted by molar-refractivity contribution is 0.0952. The van der Waals surface area contributed by atoms with Gasteiger partial charge in [-0.2, -0.15) is 0 Å². The van der Waals surface area contributed by atoms with Crippen LogP contribution >= 0.6 is 23.2 Å². The normalized spacial score (nSPS) is 14.5. The summed E-state index contributed by atoms with van der Waals surface area (Å²) in [5.74, 6) is 1.06. The number of halogens is 3. The van der Waals surface area contributed by atoms with E-state index in [9.17, 15) is 9.18 Å². The van der Waals surface area contributed by atoms with Crippen LogP contribution in [-0.4, -0.2) is 72.3 Å². The van der Waals surface area contributed by atoms with Gasteiger partial charge in [-0.1, -0.05) is 41.4 Å². The summed E-state index contributed by atoms with van der Waals surface area (Å²) in [6.07, 6.45) is 4.00. The third kappa shape index (κ3) is 9.13. The molecule has 3 aromatic carbocycles. The maximum Gasteiger partial charge on any atom is 0.253 e. The molecule has 1 fully saturated rings. The van der Waals surface area contributed by atoms with E-state index in [1.807, 2.05) is 44.3 Å². The van der Waals surface area contributed by atoms with E-state index >= 15 is 0 Å². The van der Waals surface area contributed by atoms with E-state index in [1.54, 1.807) is 24.3 Å². The summed E-state index contributed by atoms with van der Waals surface area (Å²) in [4.78, 5) is 18.4. The van der Waals surface area contributed by atoms with E-state index in [2.05, 4.69) is 19.7 Å². The molecule has 1 aliphatic rings. The minimum absolute atomic E-state index is 0.00650. The Morgan fingerprint density at radius 3 is 2.42 bits per heavy atom. The zero-order valence-corrected chi connectivity index (χ0v) is 27.4. The maximum absolute atomic E-state index is 13.4. The van der Waals surface area contributed by atoms with Crippen LogP contribution in [0.3, 0.4) is 0 Å². The van der Waals surface area contributed by atoms with Crippen molar-refractivity contribution in [2.45, 2.75) is 45.9 Å². The van der Waals surface area contributed by atoms with Crippen LogP contribution in [0.25, 0.3) is 10.9 Å². The summed E-state index contributed by atoms with van der Waals surface area (Å²) >= 11 is 12.2. The number of para-hydroxylation sites is 1. The number of nitrogens with one attached hydrogen (secondary N) is 1. The van der Waals surface area contributed by atoms with E-state index in [1.165, 1.54) is 12.1 Å². The predicted octanol–water partition coefficient (Wildman–Crippen LogP) is 7.28. The van der Waals surface area contributed by atoms with Crippen LogP contribution in [0.4, 0.5) is 4.39 Å². The average Bonchev–Trinajstić information content (AvgIpc) is 3.24. The molecule has 45 heavy (non-hydrogen) atoms. The van der Waals surface area contributed by atoms with Crippen molar-refractivity contribution in [1.82, 2.24) is 19.7 Å². The Morgan fingerprint density at radius 2 is 1.69 bits per heavy atom. The summed E-state index contributed by atoms with van der Waals surface area (Å²) in [5.41, 5.74) is 2.43. The topological polar surface area (TPSA) is 59.0 Å². The Kier molecular flexibility index (Phi) is 11.6. The molecule has 1 amide bonds. The molecule has 0 unspecified atom stereocenters. The summed E-state index contributed by atoms with van der Waals surface area (Å²) < 4.78 is 27.3. The highest BCUT2D eigenvalue weighted by molar-refractivity contribution is 6.42. The van der Waals surface area contributed by atoms with Crippen LogP contribution in [0.1, 0.15) is 42.6 Å². The van der Waals surface area contributed by atoms with Gasteiger partial charge in [0.1, 0.15) is 23.9 Å². The summed E-state index contributed by atoms with van der Waals surface area (Å²) in [6.45, 7) is 11.6. The number of hydrogen-bond acceptors (Lipinski definition) is 5. The lowest BCUT2D eigenvalue weighted by Gasteiger charge is -2.22. The highest BCUT2D eigenvalue weighted by Crippen LogP contribution is 2.31. The van der Waals surface area contributed by atoms with E-state index in [-0.39, 0.29) is 17.8 Å². The van der Waals surface area contributed by atoms with Gasteiger partial charge in [-0.3, -0.25) is 9.69 Å². The van der Waals surface area contributed by atoms with Crippen molar-refractivity contribution in [2.24, 2.45) is 0 Å². The van der Waals surface area contributed by atoms with E-state index < -0.39 is 0 Å². The lowest BCUT2D eigenvalue weighted by Crippen LogP contribution is -2.33. The van der Waals surface area contributed by atoms with Gasteiger partial charge >= 0.3 is 0 Å². The van der Waals surface area contributed by atoms with E-state index in [4.69, 9.17) is 32.7 Å². The number of rotatable bonds is 13. The molecular weight excluding hydrogens is 614 g/mol. The number of aromatic nitrogens is 1. The molecule has 1 saturated heterocycles. The quantitative estimate of drug-likeness (QED) is 0.164. The fraction of sp³-hybridized carbons (Fsp3) is 0.400. The number of amides is 1. The van der Waals surface area contributed by atoms with Crippen LogP contribution in [0.5, 0.6) is 11.5 Å². The molecule has 0 bridgehead atoms. The number of aryl methyl sites for hydroxylation is 1. The van der Waals surface area contributed by atoms with E-state index in [0.717, 1.165) is 80.9 Å². The maximum atomic E-state index is 13.4. The summed E-state index contributed by atoms with van der Waals surface area (Å²) in [5, 5.41) is 4.86. The van der Waals surface area contributed by atoms with Crippen molar-refractivity contribution in [1.29, 1.82) is 0 Å². The third-order valence-corrected chi connectivity index (χ3v) is 8.69. The second-order valence-electron chi connectivity index (χ2n) is 11.7. The molecule has 1 aliphatic heterocycles. The van der Waals surface area contributed by atoms with Gasteiger partial charge in [0.05, 0.1) is 27.2 Å². The van der Waals surface area contributed by atoms with Gasteiger partial charge in [0.15, 0.2) is 0 Å². The molecule has 0 atom stereocenters. The average molecular weight is 656 g/mol. The molecule has 1 aromatic heterocycles. The molecule has 4 aromatic rings. The summed E-state index contributed by atoms with van der Waals surface area (Å²) in [6, 6.07) is 17.4. The molecule has 0 spiro atoms. The highest BCUT2D eigenvalue weighted by atomic mass is 35.5. The Bertz CT molecular complexity index is 1580. The SMILES string of the molecule is CC(C)Oc1cccc2c(C(=O)NCc3ccc(Cl)c(Cl)c3)cn(CCCN3CCCN(CCOc4ccc(F)cc4)CC3)c12. The number of benzene rings is 3. The minimum Gasteiger partial charge on any atom is -0.492 e. The van der Waals surface area contributed by atoms with Gasteiger partial charge in [0.2, 0.25) is 0 Å². The van der Waals surface area contributed by atoms with Gasteiger partial charge < -0.3 is 24.3 Å². The smallest absolute Gasteiger partial charge is 0.253 e. The second kappa shape index (κ2) is 15.8. The Hall–Kier alpha value is -3.30. The van der Waals surface area contributed by atoms with Crippen molar-refractivity contribution < 1.29 is 18.7 Å². The first-order chi connectivity index (χ1) is 21.8. The van der Waals surface area contributed by atoms with Crippen molar-refractivity contribution >= 4 is 40.0 Å². The zero-order valence-electron chi connectivity index (χ0n) is 25.9. The van der Waals surface area contributed by atoms with Crippen molar-refractivity contribution in [2.75, 3.05) is 45.9 Å². The molecule has 0 radical (unpaired) electrons. The molecule has 2 heterocycles. The summed E-state index contributed by atoms with van der Waals surface area (Å²) in [7, 11) is 0. The Balaban J connectivity index is 1.18. The van der Waals surface area contributed by atoms with E-state index in [0.29, 0.717) is 34.5 Å². The first-order valence-corrected chi connectivity index (χ1v) is 16.4. The molecule has 0 aliphatic carbocycles. The van der Waals surface area contributed by atoms with Gasteiger partial charge in [-0.25, -0.2) is 4.39 Å². The predicted molar refractivity (Wildman–Crippen MR) is 179 cm³/mol. The lowest BCUT2D eigenvalue weighted by atomic mass is 10.1. The number of fused-ring (bicyclic) bond motifs is 1. The number of ether oxygens (including phenoxy) is 2. The molecule has 1 N–H and O–H groups in total. The fourth-order valence-corrected chi connectivity index (χ4v) is 6.04. The molecule has 0 saturated carbocycles. The Labute approximate surface area is 274 Å². The van der Waals surface area contributed by atoms with Crippen LogP contribution in [0.15, 0.2) is 66.9 Å². The standard InChI is InChI=1S/C35H41Cl2FN4O3/c1-25(2)45-33-7-3-6-29-30(35(43)39-23-26-8-13-31(36)32(37)22-26)24-42(34(29)33)17-5-16-40-14-4-15-41(19-18-40)20-21-44-28-11-9-27(38)10-12-28/h3,6-13,22,24-25H,4-5,14-21,23H2,1-2H3,(H,39,43). The molecule has 5 rings (SSSR count). The van der Waals surface area contributed by atoms with Crippen molar-refractivity contribution in [3.8, 4) is 11.5 Å². The van der Waals surface area contributed by atoms with Gasteiger partial charge in [0.25, 0.3) is 5.91 Å². The van der Waals surface area contributed by atoms with Crippen LogP contribution in [0, 0.1) is 5.82 Å². The van der Waals surface area contributed by atoms with Gasteiger partial charge in [-0.05, 0) is 94.4 Å². The largest absolute Gasteiger partial charge is 0.492 e. The van der Waals surface area contributed by atoms with Crippen molar-refractivity contribution in [3.63, 3.8) is 0 Å². The van der Waals surface area contributed by atoms with Gasteiger partial charge in [0, 0.05) is 44.3 Å². The monoisotopic (exact) mass is 654 g/mol. The third-order valence-electron chi connectivity index (χ3n) is 7.95. The Morgan fingerprint density at radius 1 is 0.933 bits per heavy atom. The highest BCUT2D eigenvalue weighted by Gasteiger charge is 2.20. The number of carbonyl (C=O) groups is 1. The van der Waals surface area contributed by atoms with Gasteiger partial charge in [-0.15, -0.1) is 0 Å². The van der Waals surface area contributed by atoms with Crippen LogP contribution in [-0.2, 0) is 13.1 Å². The number of carbonyl (C=O) groups excluding carboxylic acids is 1. The molecule has 10 heteroatoms. The minimum atomic E-state index is -0.258.